The van der Waals surface area contributed by atoms with Crippen molar-refractivity contribution in [2.45, 2.75) is 6.04 Å². The quantitative estimate of drug-likeness (QED) is 0.342. The van der Waals surface area contributed by atoms with E-state index in [1.165, 1.54) is 12.1 Å². The highest BCUT2D eigenvalue weighted by Gasteiger charge is 2.24. The monoisotopic (exact) mass is 462 g/mol. The number of H-pyrrole nitrogens is 1. The molecule has 1 atom stereocenters. The van der Waals surface area contributed by atoms with E-state index in [9.17, 15) is 4.39 Å². The van der Waals surface area contributed by atoms with Crippen molar-refractivity contribution < 1.29 is 4.39 Å². The van der Waals surface area contributed by atoms with Crippen molar-refractivity contribution in [1.29, 1.82) is 0 Å². The molecule has 4 rings (SSSR count). The number of nitrogens with zero attached hydrogens (tertiary/aromatic N) is 3. The first-order chi connectivity index (χ1) is 15.9. The molecule has 3 aromatic carbocycles. The Balaban J connectivity index is 1.72. The molecule has 33 heavy (non-hydrogen) atoms. The normalized spacial score (nSPS) is 12.5. The summed E-state index contributed by atoms with van der Waals surface area (Å²) >= 11 is 6.27. The second-order valence-corrected chi connectivity index (χ2v) is 8.96. The molecule has 0 saturated heterocycles. The lowest BCUT2D eigenvalue weighted by molar-refractivity contribution is 0.244. The van der Waals surface area contributed by atoms with E-state index in [1.807, 2.05) is 30.5 Å². The molecule has 0 aliphatic heterocycles. The van der Waals surface area contributed by atoms with Crippen LogP contribution >= 0.6 is 11.6 Å². The van der Waals surface area contributed by atoms with Gasteiger partial charge in [-0.15, -0.1) is 0 Å². The van der Waals surface area contributed by atoms with Crippen LogP contribution in [0.2, 0.25) is 5.02 Å². The van der Waals surface area contributed by atoms with Crippen LogP contribution in [-0.4, -0.2) is 54.2 Å². The maximum absolute atomic E-state index is 13.3. The number of nitrogens with one attached hydrogen (secondary N) is 1. The summed E-state index contributed by atoms with van der Waals surface area (Å²) in [6, 6.07) is 22.9. The second-order valence-electron chi connectivity index (χ2n) is 8.53. The van der Waals surface area contributed by atoms with Gasteiger partial charge in [-0.3, -0.25) is 10.00 Å². The Labute approximate surface area is 199 Å². The molecule has 6 heteroatoms. The minimum Gasteiger partial charge on any atom is -0.308 e. The summed E-state index contributed by atoms with van der Waals surface area (Å²) < 4.78 is 13.3. The molecule has 0 amide bonds. The fraction of sp³-hybridized carbons (Fsp3) is 0.222. The van der Waals surface area contributed by atoms with Gasteiger partial charge in [0.25, 0.3) is 0 Å². The van der Waals surface area contributed by atoms with Crippen molar-refractivity contribution in [3.8, 4) is 22.4 Å². The molecule has 170 valence electrons. The van der Waals surface area contributed by atoms with E-state index in [-0.39, 0.29) is 11.9 Å². The highest BCUT2D eigenvalue weighted by molar-refractivity contribution is 6.30. The van der Waals surface area contributed by atoms with Gasteiger partial charge < -0.3 is 4.90 Å². The molecule has 1 aromatic heterocycles. The van der Waals surface area contributed by atoms with Crippen LogP contribution in [0.1, 0.15) is 17.2 Å². The van der Waals surface area contributed by atoms with Gasteiger partial charge in [-0.1, -0.05) is 60.1 Å². The van der Waals surface area contributed by atoms with Crippen LogP contribution in [0.4, 0.5) is 4.39 Å². The summed E-state index contributed by atoms with van der Waals surface area (Å²) in [6.07, 6.45) is 1.90. The van der Waals surface area contributed by atoms with Crippen LogP contribution in [0.5, 0.6) is 0 Å². The van der Waals surface area contributed by atoms with Gasteiger partial charge in [0, 0.05) is 29.2 Å². The summed E-state index contributed by atoms with van der Waals surface area (Å²) in [7, 11) is 6.29. The summed E-state index contributed by atoms with van der Waals surface area (Å²) in [4.78, 5) is 4.52. The van der Waals surface area contributed by atoms with Gasteiger partial charge in [-0.05, 0) is 62.1 Å². The third-order valence-corrected chi connectivity index (χ3v) is 6.06. The van der Waals surface area contributed by atoms with E-state index >= 15 is 0 Å². The van der Waals surface area contributed by atoms with Crippen molar-refractivity contribution in [3.05, 3.63) is 101 Å². The molecule has 0 radical (unpaired) electrons. The van der Waals surface area contributed by atoms with Gasteiger partial charge in [0.05, 0.1) is 17.9 Å². The fourth-order valence-electron chi connectivity index (χ4n) is 4.04. The van der Waals surface area contributed by atoms with Crippen molar-refractivity contribution in [1.82, 2.24) is 20.0 Å². The summed E-state index contributed by atoms with van der Waals surface area (Å²) in [5.41, 5.74) is 6.25. The summed E-state index contributed by atoms with van der Waals surface area (Å²) in [5, 5.41) is 8.25. The van der Waals surface area contributed by atoms with Crippen LogP contribution in [0.15, 0.2) is 79.0 Å². The lowest BCUT2D eigenvalue weighted by Gasteiger charge is -2.30. The Morgan fingerprint density at radius 2 is 1.55 bits per heavy atom. The Morgan fingerprint density at radius 1 is 0.879 bits per heavy atom. The zero-order chi connectivity index (χ0) is 23.4. The van der Waals surface area contributed by atoms with Crippen molar-refractivity contribution >= 4 is 11.6 Å². The molecule has 0 bridgehead atoms. The van der Waals surface area contributed by atoms with Gasteiger partial charge >= 0.3 is 0 Å². The molecule has 0 spiro atoms. The molecule has 0 saturated carbocycles. The maximum Gasteiger partial charge on any atom is 0.123 e. The molecule has 0 aliphatic rings. The predicted molar refractivity (Wildman–Crippen MR) is 134 cm³/mol. The number of likely N-dealkylation sites (N-methyl/N-ethyl adjacent to an activating group) is 2. The summed E-state index contributed by atoms with van der Waals surface area (Å²) in [5.74, 6) is -0.230. The van der Waals surface area contributed by atoms with Crippen LogP contribution in [0.25, 0.3) is 22.4 Å². The number of rotatable bonds is 8. The maximum atomic E-state index is 13.3. The first-order valence-corrected chi connectivity index (χ1v) is 11.3. The number of aromatic amines is 1. The number of hydrogen-bond donors (Lipinski definition) is 1. The van der Waals surface area contributed by atoms with Crippen LogP contribution in [-0.2, 0) is 0 Å². The molecule has 1 unspecified atom stereocenters. The molecular formula is C27H28ClFN4. The van der Waals surface area contributed by atoms with Gasteiger partial charge in [0.1, 0.15) is 5.82 Å². The Bertz CT molecular complexity index is 1190. The lowest BCUT2D eigenvalue weighted by Crippen LogP contribution is -2.32. The average Bonchev–Trinajstić information content (AvgIpc) is 3.28. The highest BCUT2D eigenvalue weighted by atomic mass is 35.5. The molecule has 4 nitrogen and oxygen atoms in total. The first kappa shape index (κ1) is 23.2. The van der Waals surface area contributed by atoms with Crippen molar-refractivity contribution in [2.24, 2.45) is 0 Å². The molecule has 4 aromatic rings. The SMILES string of the molecule is CN(C)CCN(C)C(c1ccc(-c2ccc(F)cc2)cc1)c1cn[nH]c1-c1cccc(Cl)c1. The van der Waals surface area contributed by atoms with E-state index < -0.39 is 0 Å². The van der Waals surface area contributed by atoms with E-state index in [0.717, 1.165) is 46.6 Å². The topological polar surface area (TPSA) is 35.2 Å². The summed E-state index contributed by atoms with van der Waals surface area (Å²) in [6.45, 7) is 1.82. The van der Waals surface area contributed by atoms with E-state index in [4.69, 9.17) is 11.6 Å². The van der Waals surface area contributed by atoms with Crippen LogP contribution in [0, 0.1) is 5.82 Å². The third kappa shape index (κ3) is 5.50. The van der Waals surface area contributed by atoms with E-state index in [1.54, 1.807) is 12.1 Å². The smallest absolute Gasteiger partial charge is 0.123 e. The largest absolute Gasteiger partial charge is 0.308 e. The third-order valence-electron chi connectivity index (χ3n) is 5.82. The van der Waals surface area contributed by atoms with Gasteiger partial charge in [-0.2, -0.15) is 5.10 Å². The molecular weight excluding hydrogens is 435 g/mol. The Hall–Kier alpha value is -2.99. The highest BCUT2D eigenvalue weighted by Crippen LogP contribution is 2.35. The molecule has 0 fully saturated rings. The zero-order valence-electron chi connectivity index (χ0n) is 19.1. The van der Waals surface area contributed by atoms with E-state index in [2.05, 4.69) is 65.4 Å². The number of aromatic nitrogens is 2. The number of benzene rings is 3. The van der Waals surface area contributed by atoms with Gasteiger partial charge in [-0.25, -0.2) is 4.39 Å². The lowest BCUT2D eigenvalue weighted by atomic mass is 9.93. The van der Waals surface area contributed by atoms with Crippen LogP contribution in [0.3, 0.4) is 0 Å². The Morgan fingerprint density at radius 3 is 2.18 bits per heavy atom. The van der Waals surface area contributed by atoms with Crippen LogP contribution < -0.4 is 0 Å². The first-order valence-electron chi connectivity index (χ1n) is 10.9. The molecule has 0 aliphatic carbocycles. The predicted octanol–water partition coefficient (Wildman–Crippen LogP) is 6.12. The molecule has 1 N–H and O–H groups in total. The minimum absolute atomic E-state index is 0.0000468. The average molecular weight is 463 g/mol. The van der Waals surface area contributed by atoms with Gasteiger partial charge in [0.2, 0.25) is 0 Å². The Kier molecular flexibility index (Phi) is 7.23. The standard InChI is InChI=1S/C27H28ClFN4/c1-32(2)15-16-33(3)27(25-18-30-31-26(25)22-5-4-6-23(28)17-22)21-9-7-19(8-10-21)20-11-13-24(29)14-12-20/h4-14,17-18,27H,15-16H2,1-3H3,(H,30,31). The van der Waals surface area contributed by atoms with Crippen molar-refractivity contribution in [2.75, 3.05) is 34.2 Å². The molecule has 1 heterocycles. The van der Waals surface area contributed by atoms with Crippen molar-refractivity contribution in [3.63, 3.8) is 0 Å². The fourth-order valence-corrected chi connectivity index (χ4v) is 4.23. The van der Waals surface area contributed by atoms with Gasteiger partial charge in [0.15, 0.2) is 0 Å². The zero-order valence-corrected chi connectivity index (χ0v) is 19.9. The number of halogens is 2. The minimum atomic E-state index is -0.230. The number of hydrogen-bond acceptors (Lipinski definition) is 3. The second kappa shape index (κ2) is 10.3. The van der Waals surface area contributed by atoms with E-state index in [0.29, 0.717) is 5.02 Å².